The second-order valence-corrected chi connectivity index (χ2v) is 14.8. The first-order chi connectivity index (χ1) is 26.3. The lowest BCUT2D eigenvalue weighted by Crippen LogP contribution is -2.53. The number of nitrogens with zero attached hydrogens (tertiary/aromatic N) is 8. The molecule has 0 unspecified atom stereocenters. The van der Waals surface area contributed by atoms with Crippen molar-refractivity contribution in [3.05, 3.63) is 119 Å². The zero-order valence-corrected chi connectivity index (χ0v) is 31.9. The molecule has 0 saturated carbocycles. The summed E-state index contributed by atoms with van der Waals surface area (Å²) in [4.78, 5) is 24.8. The number of amides is 1. The van der Waals surface area contributed by atoms with Crippen LogP contribution in [0.5, 0.6) is 11.5 Å². The number of methoxy groups -OCH3 is 2. The maximum Gasteiger partial charge on any atom is 0.420 e. The maximum atomic E-state index is 15.5. The fourth-order valence-electron chi connectivity index (χ4n) is 6.79. The molecule has 0 atom stereocenters. The number of fused-ring (bicyclic) bond motifs is 2. The van der Waals surface area contributed by atoms with Crippen LogP contribution >= 0.6 is 23.1 Å². The van der Waals surface area contributed by atoms with Gasteiger partial charge in [0.15, 0.2) is 5.70 Å². The standard InChI is InChI=1S/C39H38N8O5S2/c1-25-15-36(53-43-25)47(37-16-26(2)44-54-37)10-9-35-38(39(47)48)46(45-42-35,23-27-5-7-33-29(17-27)19-31(21-40-33)51-13-11-49-3)24-28-6-8-34-30(18-28)20-32(22-41-34)52-14-12-50-4/h5-10,15-22H,11-14,23-24H2,1-4H3/q+2. The van der Waals surface area contributed by atoms with Crippen LogP contribution in [0.2, 0.25) is 0 Å². The van der Waals surface area contributed by atoms with Gasteiger partial charge >= 0.3 is 5.91 Å². The van der Waals surface area contributed by atoms with Gasteiger partial charge in [0.2, 0.25) is 10.0 Å². The Morgan fingerprint density at radius 1 is 0.685 bits per heavy atom. The number of carbonyl (C=O) groups excluding carboxylic acids is 1. The molecule has 1 amide bonds. The van der Waals surface area contributed by atoms with Crippen LogP contribution in [-0.4, -0.2) is 69.9 Å². The Balaban J connectivity index is 1.23. The number of ether oxygens (including phenoxy) is 4. The molecule has 54 heavy (non-hydrogen) atoms. The van der Waals surface area contributed by atoms with Crippen LogP contribution in [0.4, 0.5) is 10.0 Å². The van der Waals surface area contributed by atoms with E-state index in [4.69, 9.17) is 29.3 Å². The molecule has 4 aromatic heterocycles. The molecule has 15 heteroatoms. The maximum absolute atomic E-state index is 15.5. The van der Waals surface area contributed by atoms with E-state index >= 15 is 4.79 Å². The first-order valence-corrected chi connectivity index (χ1v) is 18.9. The Kier molecular flexibility index (Phi) is 9.83. The number of hydrogen-bond donors (Lipinski definition) is 0. The van der Waals surface area contributed by atoms with Gasteiger partial charge in [-0.15, -0.1) is 9.08 Å². The molecule has 0 aliphatic carbocycles. The summed E-state index contributed by atoms with van der Waals surface area (Å²) in [7, 11) is 3.28. The normalized spacial score (nSPS) is 15.7. The molecule has 13 nitrogen and oxygen atoms in total. The van der Waals surface area contributed by atoms with Gasteiger partial charge < -0.3 is 18.9 Å². The van der Waals surface area contributed by atoms with Crippen LogP contribution in [0.25, 0.3) is 21.8 Å². The van der Waals surface area contributed by atoms with Crippen molar-refractivity contribution in [2.75, 3.05) is 40.6 Å². The Morgan fingerprint density at radius 3 is 1.70 bits per heavy atom. The molecule has 2 aliphatic rings. The summed E-state index contributed by atoms with van der Waals surface area (Å²) < 4.78 is 31.0. The van der Waals surface area contributed by atoms with Crippen molar-refractivity contribution >= 4 is 60.8 Å². The summed E-state index contributed by atoms with van der Waals surface area (Å²) in [6, 6.07) is 20.1. The molecule has 0 fully saturated rings. The third-order valence-electron chi connectivity index (χ3n) is 9.33. The molecule has 2 aromatic carbocycles. The van der Waals surface area contributed by atoms with Crippen molar-refractivity contribution in [3.8, 4) is 11.5 Å². The Morgan fingerprint density at radius 2 is 1.22 bits per heavy atom. The summed E-state index contributed by atoms with van der Waals surface area (Å²) in [6.07, 6.45) is 7.23. The van der Waals surface area contributed by atoms with Crippen molar-refractivity contribution < 1.29 is 28.3 Å². The van der Waals surface area contributed by atoms with E-state index in [1.54, 1.807) is 26.6 Å². The van der Waals surface area contributed by atoms with Crippen molar-refractivity contribution in [2.45, 2.75) is 26.9 Å². The fraction of sp³-hybridized carbons (Fsp3) is 0.256. The van der Waals surface area contributed by atoms with Crippen molar-refractivity contribution in [3.63, 3.8) is 0 Å². The highest BCUT2D eigenvalue weighted by Crippen LogP contribution is 2.49. The van der Waals surface area contributed by atoms with Gasteiger partial charge in [0.05, 0.1) is 48.0 Å². The molecule has 0 saturated heterocycles. The second-order valence-electron chi connectivity index (χ2n) is 13.2. The van der Waals surface area contributed by atoms with Crippen LogP contribution in [-0.2, 0) is 27.4 Å². The lowest BCUT2D eigenvalue weighted by atomic mass is 10.0. The molecule has 0 bridgehead atoms. The van der Waals surface area contributed by atoms with Crippen LogP contribution < -0.4 is 14.0 Å². The molecule has 8 rings (SSSR count). The fourth-order valence-corrected chi connectivity index (χ4v) is 8.61. The molecule has 0 N–H and O–H groups in total. The third kappa shape index (κ3) is 6.70. The van der Waals surface area contributed by atoms with Gasteiger partial charge in [0.1, 0.15) is 44.0 Å². The van der Waals surface area contributed by atoms with E-state index in [9.17, 15) is 0 Å². The van der Waals surface area contributed by atoms with E-state index in [-0.39, 0.29) is 15.0 Å². The van der Waals surface area contributed by atoms with Crippen molar-refractivity contribution in [1.29, 1.82) is 0 Å². The molecule has 0 radical (unpaired) electrons. The summed E-state index contributed by atoms with van der Waals surface area (Å²) >= 11 is 2.62. The lowest BCUT2D eigenvalue weighted by Gasteiger charge is -2.34. The Labute approximate surface area is 319 Å². The number of benzene rings is 2. The minimum Gasteiger partial charge on any atom is -0.490 e. The van der Waals surface area contributed by atoms with Gasteiger partial charge in [-0.05, 0) is 50.2 Å². The van der Waals surface area contributed by atoms with E-state index < -0.39 is 0 Å². The van der Waals surface area contributed by atoms with E-state index in [1.807, 2.05) is 74.7 Å². The van der Waals surface area contributed by atoms with Crippen molar-refractivity contribution in [2.24, 2.45) is 10.3 Å². The van der Waals surface area contributed by atoms with Gasteiger partial charge in [0, 0.05) is 82.6 Å². The Hall–Kier alpha value is -5.29. The molecule has 2 aliphatic heterocycles. The zero-order valence-electron chi connectivity index (χ0n) is 30.3. The molecular formula is C39H38N8O5S2+2. The predicted molar refractivity (Wildman–Crippen MR) is 207 cm³/mol. The van der Waals surface area contributed by atoms with Crippen molar-refractivity contribution in [1.82, 2.24) is 23.2 Å². The van der Waals surface area contributed by atoms with E-state index in [1.165, 1.54) is 23.1 Å². The number of quaternary nitrogens is 2. The number of carbonyl (C=O) groups is 1. The summed E-state index contributed by atoms with van der Waals surface area (Å²) in [5.74, 6) is 1.14. The molecular weight excluding hydrogens is 725 g/mol. The van der Waals surface area contributed by atoms with Gasteiger partial charge in [-0.2, -0.15) is 8.75 Å². The SMILES string of the molecule is COCCOc1cnc2ccc(C[N+]3(Cc4ccc5ncc(OCCOC)cc5c4)N=NC4=C3C(=O)[N+](c3cc(C)ns3)(c3cc(C)ns3)C=C4)cc2c1. The smallest absolute Gasteiger partial charge is 0.420 e. The topological polar surface area (TPSA) is 130 Å². The third-order valence-corrected chi connectivity index (χ3v) is 11.3. The first kappa shape index (κ1) is 35.7. The van der Waals surface area contributed by atoms with Gasteiger partial charge in [0.25, 0.3) is 5.70 Å². The van der Waals surface area contributed by atoms with E-state index in [2.05, 4.69) is 30.8 Å². The average molecular weight is 763 g/mol. The quantitative estimate of drug-likeness (QED) is 0.0804. The summed E-state index contributed by atoms with van der Waals surface area (Å²) in [5, 5.41) is 13.0. The number of aryl methyl sites for hydroxylation is 2. The summed E-state index contributed by atoms with van der Waals surface area (Å²) in [5.41, 5.74) is 6.24. The van der Waals surface area contributed by atoms with Crippen LogP contribution in [0.15, 0.2) is 107 Å². The van der Waals surface area contributed by atoms with Gasteiger partial charge in [-0.1, -0.05) is 17.2 Å². The highest BCUT2D eigenvalue weighted by molar-refractivity contribution is 7.12. The summed E-state index contributed by atoms with van der Waals surface area (Å²) in [6.45, 7) is 6.31. The largest absolute Gasteiger partial charge is 0.490 e. The second kappa shape index (κ2) is 14.9. The molecule has 6 heterocycles. The number of hydrogen-bond acceptors (Lipinski definition) is 13. The molecule has 6 aromatic rings. The minimum absolute atomic E-state index is 0.0972. The molecule has 274 valence electrons. The Bertz CT molecular complexity index is 2340. The van der Waals surface area contributed by atoms with E-state index in [0.717, 1.165) is 54.3 Å². The van der Waals surface area contributed by atoms with Gasteiger partial charge in [-0.3, -0.25) is 9.97 Å². The highest BCUT2D eigenvalue weighted by Gasteiger charge is 2.59. The minimum atomic E-state index is -0.186. The lowest BCUT2D eigenvalue weighted by molar-refractivity contribution is -0.922. The van der Waals surface area contributed by atoms with Crippen LogP contribution in [0, 0.1) is 13.8 Å². The van der Waals surface area contributed by atoms with Gasteiger partial charge in [-0.25, -0.2) is 4.79 Å². The molecule has 0 spiro atoms. The van der Waals surface area contributed by atoms with Crippen LogP contribution in [0.3, 0.4) is 0 Å². The van der Waals surface area contributed by atoms with Crippen LogP contribution in [0.1, 0.15) is 22.5 Å². The van der Waals surface area contributed by atoms with E-state index in [0.29, 0.717) is 62.4 Å². The first-order valence-electron chi connectivity index (χ1n) is 17.4. The zero-order chi connectivity index (χ0) is 37.3. The average Bonchev–Trinajstić information content (AvgIpc) is 3.91. The number of rotatable bonds is 14. The monoisotopic (exact) mass is 762 g/mol. The number of allylic oxidation sites excluding steroid dienone is 1. The highest BCUT2D eigenvalue weighted by atomic mass is 32.1. The number of aromatic nitrogens is 4. The predicted octanol–water partition coefficient (Wildman–Crippen LogP) is 7.87. The number of pyridine rings is 2.